The molecule has 2 aromatic rings. The van der Waals surface area contributed by atoms with E-state index in [0.29, 0.717) is 10.6 Å². The van der Waals surface area contributed by atoms with Gasteiger partial charge in [-0.2, -0.15) is 0 Å². The first-order valence-electron chi connectivity index (χ1n) is 5.78. The van der Waals surface area contributed by atoms with Crippen LogP contribution < -0.4 is 0 Å². The maximum Gasteiger partial charge on any atom is 0.175 e. The van der Waals surface area contributed by atoms with E-state index in [-0.39, 0.29) is 11.0 Å². The molecule has 0 aliphatic heterocycles. The van der Waals surface area contributed by atoms with Crippen LogP contribution in [0.3, 0.4) is 0 Å². The summed E-state index contributed by atoms with van der Waals surface area (Å²) >= 11 is 10.9. The highest BCUT2D eigenvalue weighted by Crippen LogP contribution is 2.28. The maximum absolute atomic E-state index is 12.3. The molecule has 0 aromatic heterocycles. The normalized spacial score (nSPS) is 12.2. The van der Waals surface area contributed by atoms with Gasteiger partial charge in [0.2, 0.25) is 0 Å². The molecule has 0 heterocycles. The van der Waals surface area contributed by atoms with Crippen molar-refractivity contribution in [2.75, 3.05) is 0 Å². The number of carbonyl (C=O) groups excluding carboxylic acids is 1. The Morgan fingerprint density at radius 2 is 1.95 bits per heavy atom. The number of ketones is 1. The van der Waals surface area contributed by atoms with Crippen LogP contribution in [0, 0.1) is 0 Å². The summed E-state index contributed by atoms with van der Waals surface area (Å²) in [6.07, 6.45) is 0. The molecule has 0 fully saturated rings. The molecule has 1 nitrogen and oxygen atoms in total. The molecule has 0 bridgehead atoms. The zero-order valence-electron chi connectivity index (χ0n) is 10.3. The second-order valence-electron chi connectivity index (χ2n) is 4.09. The van der Waals surface area contributed by atoms with Crippen molar-refractivity contribution in [3.8, 4) is 0 Å². The zero-order valence-corrected chi connectivity index (χ0v) is 13.4. The van der Waals surface area contributed by atoms with Gasteiger partial charge in [-0.3, -0.25) is 4.79 Å². The van der Waals surface area contributed by atoms with Crippen molar-refractivity contribution < 1.29 is 4.79 Å². The molecule has 0 spiro atoms. The summed E-state index contributed by atoms with van der Waals surface area (Å²) < 4.78 is 1.01. The molecule has 98 valence electrons. The van der Waals surface area contributed by atoms with E-state index in [1.165, 1.54) is 0 Å². The van der Waals surface area contributed by atoms with Gasteiger partial charge in [-0.25, -0.2) is 0 Å². The summed E-state index contributed by atoms with van der Waals surface area (Å²) in [4.78, 5) is 13.4. The fraction of sp³-hybridized carbons (Fsp3) is 0.133. The van der Waals surface area contributed by atoms with Gasteiger partial charge in [-0.05, 0) is 37.3 Å². The average Bonchev–Trinajstić information content (AvgIpc) is 2.38. The molecule has 0 saturated heterocycles. The van der Waals surface area contributed by atoms with Crippen molar-refractivity contribution >= 4 is 45.1 Å². The molecule has 1 atom stereocenters. The van der Waals surface area contributed by atoms with Crippen LogP contribution >= 0.6 is 39.3 Å². The number of hydrogen-bond donors (Lipinski definition) is 0. The SMILES string of the molecule is CC(Sc1cccc(Br)c1)C(=O)c1cccc(Cl)c1. The minimum absolute atomic E-state index is 0.0903. The zero-order chi connectivity index (χ0) is 13.8. The molecule has 19 heavy (non-hydrogen) atoms. The van der Waals surface area contributed by atoms with E-state index >= 15 is 0 Å². The number of carbonyl (C=O) groups is 1. The lowest BCUT2D eigenvalue weighted by molar-refractivity contribution is 0.0994. The first kappa shape index (κ1) is 14.6. The number of halogens is 2. The number of benzene rings is 2. The summed E-state index contributed by atoms with van der Waals surface area (Å²) in [5.41, 5.74) is 0.655. The van der Waals surface area contributed by atoms with E-state index in [0.717, 1.165) is 9.37 Å². The van der Waals surface area contributed by atoms with Crippen molar-refractivity contribution in [3.05, 3.63) is 63.6 Å². The number of rotatable bonds is 4. The maximum atomic E-state index is 12.3. The van der Waals surface area contributed by atoms with Crippen LogP contribution in [0.1, 0.15) is 17.3 Å². The van der Waals surface area contributed by atoms with Gasteiger partial charge in [0.25, 0.3) is 0 Å². The Morgan fingerprint density at radius 1 is 1.21 bits per heavy atom. The molecule has 2 aromatic carbocycles. The van der Waals surface area contributed by atoms with Crippen molar-refractivity contribution in [1.82, 2.24) is 0 Å². The fourth-order valence-electron chi connectivity index (χ4n) is 1.67. The van der Waals surface area contributed by atoms with Gasteiger partial charge in [0.15, 0.2) is 5.78 Å². The van der Waals surface area contributed by atoms with Crippen molar-refractivity contribution in [2.45, 2.75) is 17.1 Å². The molecule has 0 saturated carbocycles. The average molecular weight is 356 g/mol. The van der Waals surface area contributed by atoms with Crippen LogP contribution in [0.15, 0.2) is 57.9 Å². The lowest BCUT2D eigenvalue weighted by Gasteiger charge is -2.10. The van der Waals surface area contributed by atoms with Crippen LogP contribution in [0.4, 0.5) is 0 Å². The fourth-order valence-corrected chi connectivity index (χ4v) is 3.42. The Balaban J connectivity index is 2.12. The van der Waals surface area contributed by atoms with Crippen LogP contribution in [0.25, 0.3) is 0 Å². The van der Waals surface area contributed by atoms with E-state index in [1.54, 1.807) is 36.0 Å². The van der Waals surface area contributed by atoms with Gasteiger partial charge in [0.1, 0.15) is 0 Å². The number of hydrogen-bond acceptors (Lipinski definition) is 2. The minimum atomic E-state index is -0.146. The lowest BCUT2D eigenvalue weighted by Crippen LogP contribution is -2.13. The monoisotopic (exact) mass is 354 g/mol. The predicted molar refractivity (Wildman–Crippen MR) is 85.2 cm³/mol. The Bertz CT molecular complexity index is 600. The third kappa shape index (κ3) is 4.10. The Kier molecular flexibility index (Phi) is 5.08. The summed E-state index contributed by atoms with van der Waals surface area (Å²) in [5, 5.41) is 0.443. The smallest absolute Gasteiger partial charge is 0.175 e. The van der Waals surface area contributed by atoms with Crippen LogP contribution in [0.2, 0.25) is 5.02 Å². The van der Waals surface area contributed by atoms with Crippen LogP contribution in [-0.2, 0) is 0 Å². The Morgan fingerprint density at radius 3 is 2.63 bits per heavy atom. The molecular weight excluding hydrogens is 344 g/mol. The second-order valence-corrected chi connectivity index (χ2v) is 6.86. The third-order valence-electron chi connectivity index (χ3n) is 2.59. The summed E-state index contributed by atoms with van der Waals surface area (Å²) in [7, 11) is 0. The van der Waals surface area contributed by atoms with E-state index in [2.05, 4.69) is 15.9 Å². The summed E-state index contributed by atoms with van der Waals surface area (Å²) in [5.74, 6) is 0.0903. The quantitative estimate of drug-likeness (QED) is 0.534. The van der Waals surface area contributed by atoms with E-state index in [4.69, 9.17) is 11.6 Å². The molecule has 0 radical (unpaired) electrons. The molecule has 0 N–H and O–H groups in total. The molecule has 2 rings (SSSR count). The Hall–Kier alpha value is -0.770. The molecule has 0 aliphatic rings. The predicted octanol–water partition coefficient (Wildman–Crippen LogP) is 5.47. The summed E-state index contributed by atoms with van der Waals surface area (Å²) in [6, 6.07) is 15.0. The lowest BCUT2D eigenvalue weighted by atomic mass is 10.1. The van der Waals surface area contributed by atoms with Gasteiger partial charge in [-0.1, -0.05) is 45.7 Å². The number of thioether (sulfide) groups is 1. The highest BCUT2D eigenvalue weighted by molar-refractivity contribution is 9.10. The van der Waals surface area contributed by atoms with E-state index in [9.17, 15) is 4.79 Å². The van der Waals surface area contributed by atoms with E-state index < -0.39 is 0 Å². The molecular formula is C15H12BrClOS. The topological polar surface area (TPSA) is 17.1 Å². The van der Waals surface area contributed by atoms with Crippen LogP contribution in [0.5, 0.6) is 0 Å². The first-order valence-corrected chi connectivity index (χ1v) is 7.83. The number of Topliss-reactive ketones (excluding diaryl/α,β-unsaturated/α-hetero) is 1. The van der Waals surface area contributed by atoms with Gasteiger partial charge < -0.3 is 0 Å². The molecule has 1 unspecified atom stereocenters. The molecule has 4 heteroatoms. The highest BCUT2D eigenvalue weighted by atomic mass is 79.9. The van der Waals surface area contributed by atoms with Gasteiger partial charge in [0.05, 0.1) is 5.25 Å². The standard InChI is InChI=1S/C15H12BrClOS/c1-10(19-14-7-3-5-12(16)9-14)15(18)11-4-2-6-13(17)8-11/h2-10H,1H3. The van der Waals surface area contributed by atoms with Gasteiger partial charge in [0, 0.05) is 20.0 Å². The van der Waals surface area contributed by atoms with Gasteiger partial charge >= 0.3 is 0 Å². The van der Waals surface area contributed by atoms with Gasteiger partial charge in [-0.15, -0.1) is 11.8 Å². The first-order chi connectivity index (χ1) is 9.06. The van der Waals surface area contributed by atoms with Crippen molar-refractivity contribution in [2.24, 2.45) is 0 Å². The van der Waals surface area contributed by atoms with E-state index in [1.807, 2.05) is 31.2 Å². The minimum Gasteiger partial charge on any atom is -0.293 e. The second kappa shape index (κ2) is 6.60. The Labute approximate surface area is 130 Å². The third-order valence-corrected chi connectivity index (χ3v) is 4.41. The largest absolute Gasteiger partial charge is 0.293 e. The molecule has 0 aliphatic carbocycles. The van der Waals surface area contributed by atoms with Crippen molar-refractivity contribution in [1.29, 1.82) is 0 Å². The molecule has 0 amide bonds. The highest BCUT2D eigenvalue weighted by Gasteiger charge is 2.16. The summed E-state index contributed by atoms with van der Waals surface area (Å²) in [6.45, 7) is 1.91. The van der Waals surface area contributed by atoms with Crippen LogP contribution in [-0.4, -0.2) is 11.0 Å². The van der Waals surface area contributed by atoms with Crippen molar-refractivity contribution in [3.63, 3.8) is 0 Å².